The lowest BCUT2D eigenvalue weighted by atomic mass is 9.89. The standard InChI is InChI=1S/C18H25N3O5S.CH2O2/c1-12(22)21-10-14-9-20(17(23)8-19-27(3,24)25)11-16(14)18(21)13-4-6-15(26-2)7-5-13;2-1-3/h4-7,14,16,18-19H,8-11H2,1-3H3;1H,(H,2,3)/t14-,16-,18+;/m1./s1. The number of nitrogens with one attached hydrogen (secondary N) is 1. The molecule has 30 heavy (non-hydrogen) atoms. The van der Waals surface area contributed by atoms with Crippen molar-refractivity contribution in [1.82, 2.24) is 14.5 Å². The Labute approximate surface area is 175 Å². The molecule has 2 amide bonds. The van der Waals surface area contributed by atoms with Gasteiger partial charge in [0.2, 0.25) is 21.8 Å². The number of hydrogen-bond acceptors (Lipinski definition) is 6. The van der Waals surface area contributed by atoms with Crippen LogP contribution >= 0.6 is 0 Å². The number of ether oxygens (including phenoxy) is 1. The first kappa shape index (κ1) is 23.6. The maximum atomic E-state index is 12.4. The molecule has 2 heterocycles. The summed E-state index contributed by atoms with van der Waals surface area (Å²) in [7, 11) is -1.81. The van der Waals surface area contributed by atoms with Gasteiger partial charge in [0, 0.05) is 38.4 Å². The number of nitrogens with zero attached hydrogens (tertiary/aromatic N) is 2. The Kier molecular flexibility index (Phi) is 7.79. The van der Waals surface area contributed by atoms with Crippen LogP contribution < -0.4 is 9.46 Å². The van der Waals surface area contributed by atoms with E-state index in [-0.39, 0.29) is 42.7 Å². The maximum Gasteiger partial charge on any atom is 0.290 e. The van der Waals surface area contributed by atoms with Gasteiger partial charge >= 0.3 is 0 Å². The fraction of sp³-hybridized carbons (Fsp3) is 0.526. The number of sulfonamides is 1. The Morgan fingerprint density at radius 1 is 1.23 bits per heavy atom. The zero-order valence-corrected chi connectivity index (χ0v) is 18.0. The molecular formula is C19H27N3O7S. The molecule has 10 nitrogen and oxygen atoms in total. The maximum absolute atomic E-state index is 12.4. The second kappa shape index (κ2) is 9.90. The third-order valence-corrected chi connectivity index (χ3v) is 6.03. The minimum absolute atomic E-state index is 0.0156. The van der Waals surface area contributed by atoms with E-state index in [1.165, 1.54) is 0 Å². The van der Waals surface area contributed by atoms with Crippen LogP contribution in [0.15, 0.2) is 24.3 Å². The molecule has 2 N–H and O–H groups in total. The van der Waals surface area contributed by atoms with Gasteiger partial charge in [-0.25, -0.2) is 13.1 Å². The van der Waals surface area contributed by atoms with E-state index in [0.29, 0.717) is 19.6 Å². The predicted molar refractivity (Wildman–Crippen MR) is 108 cm³/mol. The fourth-order valence-electron chi connectivity index (χ4n) is 4.11. The van der Waals surface area contributed by atoms with Gasteiger partial charge in [0.05, 0.1) is 26.0 Å². The predicted octanol–water partition coefficient (Wildman–Crippen LogP) is -0.0770. The molecule has 1 aromatic rings. The van der Waals surface area contributed by atoms with Gasteiger partial charge in [-0.1, -0.05) is 12.1 Å². The van der Waals surface area contributed by atoms with Crippen LogP contribution in [-0.4, -0.2) is 81.2 Å². The van der Waals surface area contributed by atoms with E-state index < -0.39 is 10.0 Å². The molecule has 2 saturated heterocycles. The van der Waals surface area contributed by atoms with Crippen molar-refractivity contribution in [1.29, 1.82) is 0 Å². The van der Waals surface area contributed by atoms with E-state index in [1.54, 1.807) is 18.9 Å². The summed E-state index contributed by atoms with van der Waals surface area (Å²) < 4.78 is 29.9. The summed E-state index contributed by atoms with van der Waals surface area (Å²) in [5, 5.41) is 6.89. The van der Waals surface area contributed by atoms with Crippen LogP contribution in [0.2, 0.25) is 0 Å². The number of rotatable bonds is 5. The quantitative estimate of drug-likeness (QED) is 0.611. The molecule has 0 saturated carbocycles. The Morgan fingerprint density at radius 3 is 2.33 bits per heavy atom. The summed E-state index contributed by atoms with van der Waals surface area (Å²) >= 11 is 0. The molecule has 0 aliphatic carbocycles. The zero-order valence-electron chi connectivity index (χ0n) is 17.1. The summed E-state index contributed by atoms with van der Waals surface area (Å²) in [4.78, 5) is 36.4. The van der Waals surface area contributed by atoms with Crippen LogP contribution in [0, 0.1) is 11.8 Å². The summed E-state index contributed by atoms with van der Waals surface area (Å²) in [5.41, 5.74) is 1.02. The number of carboxylic acid groups (broad SMARTS) is 1. The number of hydrogen-bond donors (Lipinski definition) is 2. The molecule has 166 valence electrons. The van der Waals surface area contributed by atoms with Gasteiger partial charge in [-0.05, 0) is 17.7 Å². The minimum atomic E-state index is -3.41. The Hall–Kier alpha value is -2.66. The van der Waals surface area contributed by atoms with E-state index in [1.807, 2.05) is 29.2 Å². The molecule has 2 aliphatic heterocycles. The molecule has 3 atom stereocenters. The van der Waals surface area contributed by atoms with Gasteiger partial charge in [0.1, 0.15) is 5.75 Å². The number of methoxy groups -OCH3 is 1. The molecule has 3 rings (SSSR count). The van der Waals surface area contributed by atoms with Crippen LogP contribution in [0.3, 0.4) is 0 Å². The van der Waals surface area contributed by atoms with Gasteiger partial charge in [-0.2, -0.15) is 0 Å². The second-order valence-electron chi connectivity index (χ2n) is 7.31. The summed E-state index contributed by atoms with van der Waals surface area (Å²) in [5.74, 6) is 0.838. The highest BCUT2D eigenvalue weighted by molar-refractivity contribution is 7.88. The van der Waals surface area contributed by atoms with Crippen LogP contribution in [0.4, 0.5) is 0 Å². The van der Waals surface area contributed by atoms with E-state index in [2.05, 4.69) is 4.72 Å². The average molecular weight is 442 g/mol. The minimum Gasteiger partial charge on any atom is -0.497 e. The summed E-state index contributed by atoms with van der Waals surface area (Å²) in [6, 6.07) is 7.55. The molecule has 0 unspecified atom stereocenters. The van der Waals surface area contributed by atoms with Gasteiger partial charge < -0.3 is 19.6 Å². The fourth-order valence-corrected chi connectivity index (χ4v) is 4.49. The molecule has 0 spiro atoms. The van der Waals surface area contributed by atoms with Crippen LogP contribution in [-0.2, 0) is 24.4 Å². The molecule has 0 radical (unpaired) electrons. The first-order valence-corrected chi connectivity index (χ1v) is 11.2. The molecular weight excluding hydrogens is 414 g/mol. The average Bonchev–Trinajstić information content (AvgIpc) is 3.24. The Bertz CT molecular complexity index is 873. The largest absolute Gasteiger partial charge is 0.497 e. The smallest absolute Gasteiger partial charge is 0.290 e. The number of fused-ring (bicyclic) bond motifs is 1. The molecule has 11 heteroatoms. The van der Waals surface area contributed by atoms with Gasteiger partial charge in [-0.3, -0.25) is 14.4 Å². The lowest BCUT2D eigenvalue weighted by molar-refractivity contribution is -0.131. The first-order chi connectivity index (χ1) is 14.1. The third-order valence-electron chi connectivity index (χ3n) is 5.36. The van der Waals surface area contributed by atoms with E-state index in [4.69, 9.17) is 14.6 Å². The number of carbonyl (C=O) groups is 3. The van der Waals surface area contributed by atoms with Crippen molar-refractivity contribution in [3.63, 3.8) is 0 Å². The second-order valence-corrected chi connectivity index (χ2v) is 9.14. The molecule has 2 fully saturated rings. The van der Waals surface area contributed by atoms with Gasteiger partial charge in [0.15, 0.2) is 0 Å². The molecule has 0 aromatic heterocycles. The summed E-state index contributed by atoms with van der Waals surface area (Å²) in [6.45, 7) is 2.72. The highest BCUT2D eigenvalue weighted by Crippen LogP contribution is 2.45. The number of likely N-dealkylation sites (tertiary alicyclic amines) is 2. The van der Waals surface area contributed by atoms with Crippen molar-refractivity contribution in [2.75, 3.05) is 39.5 Å². The normalized spacial score (nSPS) is 22.7. The van der Waals surface area contributed by atoms with E-state index >= 15 is 0 Å². The van der Waals surface area contributed by atoms with Crippen LogP contribution in [0.25, 0.3) is 0 Å². The summed E-state index contributed by atoms with van der Waals surface area (Å²) in [6.07, 6.45) is 1.03. The molecule has 1 aromatic carbocycles. The third kappa shape index (κ3) is 5.70. The number of carbonyl (C=O) groups excluding carboxylic acids is 2. The highest BCUT2D eigenvalue weighted by Gasteiger charge is 2.49. The topological polar surface area (TPSA) is 133 Å². The SMILES string of the molecule is COc1ccc([C@H]2[C@@H]3CN(C(=O)CNS(C)(=O)=O)C[C@@H]3CN2C(C)=O)cc1.O=CO. The van der Waals surface area contributed by atoms with Gasteiger partial charge in [0.25, 0.3) is 6.47 Å². The van der Waals surface area contributed by atoms with E-state index in [0.717, 1.165) is 17.6 Å². The number of benzene rings is 1. The Morgan fingerprint density at radius 2 is 1.83 bits per heavy atom. The monoisotopic (exact) mass is 441 g/mol. The number of amides is 2. The van der Waals surface area contributed by atoms with Crippen LogP contribution in [0.1, 0.15) is 18.5 Å². The van der Waals surface area contributed by atoms with Crippen molar-refractivity contribution in [3.05, 3.63) is 29.8 Å². The molecule has 2 aliphatic rings. The van der Waals surface area contributed by atoms with E-state index in [9.17, 15) is 18.0 Å². The van der Waals surface area contributed by atoms with Gasteiger partial charge in [-0.15, -0.1) is 0 Å². The van der Waals surface area contributed by atoms with Crippen molar-refractivity contribution >= 4 is 28.3 Å². The first-order valence-electron chi connectivity index (χ1n) is 9.32. The van der Waals surface area contributed by atoms with Crippen molar-refractivity contribution < 1.29 is 32.6 Å². The van der Waals surface area contributed by atoms with Crippen molar-refractivity contribution in [2.45, 2.75) is 13.0 Å². The zero-order chi connectivity index (χ0) is 22.5. The lowest BCUT2D eigenvalue weighted by Crippen LogP contribution is -2.41. The molecule has 0 bridgehead atoms. The highest BCUT2D eigenvalue weighted by atomic mass is 32.2. The van der Waals surface area contributed by atoms with Crippen LogP contribution in [0.5, 0.6) is 5.75 Å². The Balaban J connectivity index is 0.00000101. The lowest BCUT2D eigenvalue weighted by Gasteiger charge is -2.29. The van der Waals surface area contributed by atoms with Crippen molar-refractivity contribution in [2.24, 2.45) is 11.8 Å². The van der Waals surface area contributed by atoms with Crippen molar-refractivity contribution in [3.8, 4) is 5.75 Å².